The van der Waals surface area contributed by atoms with Gasteiger partial charge in [-0.1, -0.05) is 32.0 Å². The molecule has 0 saturated carbocycles. The quantitative estimate of drug-likeness (QED) is 0.844. The minimum absolute atomic E-state index is 0.0581. The van der Waals surface area contributed by atoms with Crippen molar-refractivity contribution in [2.24, 2.45) is 5.41 Å². The maximum atomic E-state index is 9.76. The first kappa shape index (κ1) is 11.5. The average Bonchev–Trinajstić information content (AvgIpc) is 2.61. The van der Waals surface area contributed by atoms with Gasteiger partial charge in [0.05, 0.1) is 6.10 Å². The van der Waals surface area contributed by atoms with Gasteiger partial charge >= 0.3 is 0 Å². The van der Waals surface area contributed by atoms with Gasteiger partial charge in [0.1, 0.15) is 0 Å². The second-order valence-corrected chi connectivity index (χ2v) is 5.46. The van der Waals surface area contributed by atoms with E-state index in [2.05, 4.69) is 43.0 Å². The summed E-state index contributed by atoms with van der Waals surface area (Å²) in [5, 5.41) is 9.76. The Labute approximate surface area is 97.9 Å². The Morgan fingerprint density at radius 1 is 1.38 bits per heavy atom. The van der Waals surface area contributed by atoms with Crippen LogP contribution in [-0.2, 0) is 6.42 Å². The summed E-state index contributed by atoms with van der Waals surface area (Å²) < 4.78 is 0. The predicted molar refractivity (Wildman–Crippen MR) is 67.8 cm³/mol. The number of fused-ring (bicyclic) bond motifs is 1. The summed E-state index contributed by atoms with van der Waals surface area (Å²) in [5.41, 5.74) is 2.72. The van der Waals surface area contributed by atoms with E-state index in [0.29, 0.717) is 0 Å². The molecule has 2 rings (SSSR count). The van der Waals surface area contributed by atoms with Crippen molar-refractivity contribution in [1.29, 1.82) is 0 Å². The van der Waals surface area contributed by atoms with Crippen LogP contribution >= 0.6 is 0 Å². The molecule has 0 saturated heterocycles. The molecule has 2 heteroatoms. The first-order valence-corrected chi connectivity index (χ1v) is 6.01. The van der Waals surface area contributed by atoms with Gasteiger partial charge in [0.2, 0.25) is 0 Å². The van der Waals surface area contributed by atoms with Crippen LogP contribution in [0.4, 0.5) is 5.69 Å². The standard InChI is InChI=1S/C14H21NO/c1-11(16)14(2,3)10-15-9-8-12-6-4-5-7-13(12)15/h4-7,11,16H,8-10H2,1-3H3. The van der Waals surface area contributed by atoms with Crippen LogP contribution in [0.2, 0.25) is 0 Å². The van der Waals surface area contributed by atoms with Crippen molar-refractivity contribution < 1.29 is 5.11 Å². The van der Waals surface area contributed by atoms with E-state index in [4.69, 9.17) is 0 Å². The number of nitrogens with zero attached hydrogens (tertiary/aromatic N) is 1. The summed E-state index contributed by atoms with van der Waals surface area (Å²) in [6, 6.07) is 8.57. The monoisotopic (exact) mass is 219 g/mol. The van der Waals surface area contributed by atoms with Crippen LogP contribution in [0.1, 0.15) is 26.3 Å². The second-order valence-electron chi connectivity index (χ2n) is 5.46. The average molecular weight is 219 g/mol. The highest BCUT2D eigenvalue weighted by Gasteiger charge is 2.29. The van der Waals surface area contributed by atoms with Gasteiger partial charge < -0.3 is 10.0 Å². The Morgan fingerprint density at radius 2 is 2.06 bits per heavy atom. The minimum atomic E-state index is -0.278. The van der Waals surface area contributed by atoms with Gasteiger partial charge in [-0.05, 0) is 25.0 Å². The number of aliphatic hydroxyl groups excluding tert-OH is 1. The molecule has 16 heavy (non-hydrogen) atoms. The Kier molecular flexibility index (Phi) is 2.94. The van der Waals surface area contributed by atoms with Gasteiger partial charge in [-0.3, -0.25) is 0 Å². The van der Waals surface area contributed by atoms with E-state index in [0.717, 1.165) is 19.5 Å². The van der Waals surface area contributed by atoms with Gasteiger partial charge in [0, 0.05) is 24.2 Å². The molecule has 1 heterocycles. The molecule has 1 aromatic rings. The van der Waals surface area contributed by atoms with Crippen molar-refractivity contribution >= 4 is 5.69 Å². The highest BCUT2D eigenvalue weighted by atomic mass is 16.3. The Balaban J connectivity index is 2.15. The van der Waals surface area contributed by atoms with Crippen molar-refractivity contribution in [3.05, 3.63) is 29.8 Å². The lowest BCUT2D eigenvalue weighted by Crippen LogP contribution is -2.39. The molecule has 1 aromatic carbocycles. The molecule has 0 bridgehead atoms. The number of para-hydroxylation sites is 1. The molecule has 0 fully saturated rings. The van der Waals surface area contributed by atoms with E-state index in [1.54, 1.807) is 0 Å². The Morgan fingerprint density at radius 3 is 2.75 bits per heavy atom. The molecule has 1 N–H and O–H groups in total. The van der Waals surface area contributed by atoms with Gasteiger partial charge in [0.15, 0.2) is 0 Å². The van der Waals surface area contributed by atoms with E-state index >= 15 is 0 Å². The second kappa shape index (κ2) is 4.10. The molecule has 0 radical (unpaired) electrons. The Bertz CT molecular complexity index is 371. The maximum absolute atomic E-state index is 9.76. The zero-order chi connectivity index (χ0) is 11.8. The summed E-state index contributed by atoms with van der Waals surface area (Å²) in [4.78, 5) is 2.39. The lowest BCUT2D eigenvalue weighted by Gasteiger charge is -2.34. The van der Waals surface area contributed by atoms with Crippen LogP contribution in [0.3, 0.4) is 0 Å². The van der Waals surface area contributed by atoms with Crippen LogP contribution in [-0.4, -0.2) is 24.3 Å². The summed E-state index contributed by atoms with van der Waals surface area (Å²) in [6.07, 6.45) is 0.853. The van der Waals surface area contributed by atoms with Crippen LogP contribution in [0, 0.1) is 5.41 Å². The van der Waals surface area contributed by atoms with Crippen molar-refractivity contribution in [3.63, 3.8) is 0 Å². The van der Waals surface area contributed by atoms with Crippen molar-refractivity contribution in [3.8, 4) is 0 Å². The fourth-order valence-corrected chi connectivity index (χ4v) is 2.19. The summed E-state index contributed by atoms with van der Waals surface area (Å²) in [6.45, 7) is 8.12. The first-order valence-electron chi connectivity index (χ1n) is 6.01. The minimum Gasteiger partial charge on any atom is -0.393 e. The van der Waals surface area contributed by atoms with E-state index < -0.39 is 0 Å². The maximum Gasteiger partial charge on any atom is 0.0579 e. The highest BCUT2D eigenvalue weighted by Crippen LogP contribution is 2.31. The number of rotatable bonds is 3. The molecular formula is C14H21NO. The molecule has 1 unspecified atom stereocenters. The number of anilines is 1. The predicted octanol–water partition coefficient (Wildman–Crippen LogP) is 2.46. The molecule has 1 aliphatic heterocycles. The lowest BCUT2D eigenvalue weighted by atomic mass is 9.87. The summed E-state index contributed by atoms with van der Waals surface area (Å²) in [7, 11) is 0. The SMILES string of the molecule is CC(O)C(C)(C)CN1CCc2ccccc21. The molecule has 1 atom stereocenters. The van der Waals surface area contributed by atoms with Crippen molar-refractivity contribution in [2.75, 3.05) is 18.0 Å². The molecule has 0 spiro atoms. The smallest absolute Gasteiger partial charge is 0.0579 e. The number of benzene rings is 1. The van der Waals surface area contributed by atoms with E-state index in [-0.39, 0.29) is 11.5 Å². The van der Waals surface area contributed by atoms with Gasteiger partial charge in [-0.25, -0.2) is 0 Å². The summed E-state index contributed by atoms with van der Waals surface area (Å²) >= 11 is 0. The third-order valence-electron chi connectivity index (χ3n) is 3.71. The van der Waals surface area contributed by atoms with E-state index in [1.165, 1.54) is 11.3 Å². The Hall–Kier alpha value is -1.02. The van der Waals surface area contributed by atoms with E-state index in [9.17, 15) is 5.11 Å². The summed E-state index contributed by atoms with van der Waals surface area (Å²) in [5.74, 6) is 0. The molecule has 0 amide bonds. The third kappa shape index (κ3) is 2.07. The highest BCUT2D eigenvalue weighted by molar-refractivity contribution is 5.57. The first-order chi connectivity index (χ1) is 7.50. The van der Waals surface area contributed by atoms with Crippen molar-refractivity contribution in [1.82, 2.24) is 0 Å². The lowest BCUT2D eigenvalue weighted by molar-refractivity contribution is 0.0713. The molecule has 0 aromatic heterocycles. The largest absolute Gasteiger partial charge is 0.393 e. The molecular weight excluding hydrogens is 198 g/mol. The van der Waals surface area contributed by atoms with Gasteiger partial charge in [-0.15, -0.1) is 0 Å². The number of hydrogen-bond acceptors (Lipinski definition) is 2. The number of aliphatic hydroxyl groups is 1. The topological polar surface area (TPSA) is 23.5 Å². The van der Waals surface area contributed by atoms with Gasteiger partial charge in [0.25, 0.3) is 0 Å². The fourth-order valence-electron chi connectivity index (χ4n) is 2.19. The zero-order valence-electron chi connectivity index (χ0n) is 10.4. The van der Waals surface area contributed by atoms with Crippen LogP contribution in [0.25, 0.3) is 0 Å². The van der Waals surface area contributed by atoms with Crippen LogP contribution < -0.4 is 4.90 Å². The number of hydrogen-bond donors (Lipinski definition) is 1. The van der Waals surface area contributed by atoms with Gasteiger partial charge in [-0.2, -0.15) is 0 Å². The van der Waals surface area contributed by atoms with E-state index in [1.807, 2.05) is 6.92 Å². The molecule has 0 aliphatic carbocycles. The molecule has 2 nitrogen and oxygen atoms in total. The third-order valence-corrected chi connectivity index (χ3v) is 3.71. The molecule has 88 valence electrons. The normalized spacial score (nSPS) is 17.4. The molecule has 1 aliphatic rings. The van der Waals surface area contributed by atoms with Crippen LogP contribution in [0.15, 0.2) is 24.3 Å². The zero-order valence-corrected chi connectivity index (χ0v) is 10.4. The van der Waals surface area contributed by atoms with Crippen LogP contribution in [0.5, 0.6) is 0 Å². The van der Waals surface area contributed by atoms with Crippen molar-refractivity contribution in [2.45, 2.75) is 33.3 Å². The fraction of sp³-hybridized carbons (Fsp3) is 0.571.